The molecule has 0 spiro atoms. The lowest BCUT2D eigenvalue weighted by Gasteiger charge is -2.08. The van der Waals surface area contributed by atoms with Crippen molar-refractivity contribution in [3.63, 3.8) is 0 Å². The largest absolute Gasteiger partial charge is 0.439 e. The first-order chi connectivity index (χ1) is 8.19. The molecular formula is C13H11Br2NO. The van der Waals surface area contributed by atoms with Gasteiger partial charge in [0.2, 0.25) is 5.88 Å². The van der Waals surface area contributed by atoms with E-state index in [1.165, 1.54) is 0 Å². The van der Waals surface area contributed by atoms with E-state index in [4.69, 9.17) is 4.74 Å². The number of hydrogen-bond acceptors (Lipinski definition) is 2. The summed E-state index contributed by atoms with van der Waals surface area (Å²) < 4.78 is 6.73. The molecule has 0 aliphatic rings. The van der Waals surface area contributed by atoms with Crippen LogP contribution in [0.4, 0.5) is 0 Å². The number of benzene rings is 1. The second-order valence-corrected chi connectivity index (χ2v) is 5.13. The van der Waals surface area contributed by atoms with Gasteiger partial charge in [0, 0.05) is 22.1 Å². The summed E-state index contributed by atoms with van der Waals surface area (Å²) in [5.74, 6) is 1.43. The van der Waals surface area contributed by atoms with E-state index in [0.29, 0.717) is 5.88 Å². The maximum atomic E-state index is 5.73. The Bertz CT molecular complexity index is 511. The van der Waals surface area contributed by atoms with Crippen LogP contribution in [0.1, 0.15) is 11.1 Å². The third-order valence-electron chi connectivity index (χ3n) is 2.32. The van der Waals surface area contributed by atoms with Crippen LogP contribution >= 0.6 is 31.9 Å². The summed E-state index contributed by atoms with van der Waals surface area (Å²) in [6, 6.07) is 9.80. The first-order valence-corrected chi connectivity index (χ1v) is 7.05. The third-order valence-corrected chi connectivity index (χ3v) is 3.46. The SMILES string of the molecule is Cc1ccc(Br)cc1Oc1ccc(CBr)cn1. The molecule has 0 atom stereocenters. The second-order valence-electron chi connectivity index (χ2n) is 3.65. The van der Waals surface area contributed by atoms with Crippen molar-refractivity contribution in [1.29, 1.82) is 0 Å². The Morgan fingerprint density at radius 3 is 2.71 bits per heavy atom. The monoisotopic (exact) mass is 355 g/mol. The van der Waals surface area contributed by atoms with Crippen LogP contribution in [0, 0.1) is 6.92 Å². The van der Waals surface area contributed by atoms with Gasteiger partial charge in [-0.15, -0.1) is 0 Å². The highest BCUT2D eigenvalue weighted by molar-refractivity contribution is 9.10. The number of rotatable bonds is 3. The summed E-state index contributed by atoms with van der Waals surface area (Å²) >= 11 is 6.81. The molecule has 0 saturated heterocycles. The van der Waals surface area contributed by atoms with E-state index in [9.17, 15) is 0 Å². The molecular weight excluding hydrogens is 346 g/mol. The second kappa shape index (κ2) is 5.65. The van der Waals surface area contributed by atoms with Gasteiger partial charge in [-0.3, -0.25) is 0 Å². The highest BCUT2D eigenvalue weighted by atomic mass is 79.9. The maximum Gasteiger partial charge on any atom is 0.219 e. The van der Waals surface area contributed by atoms with Crippen molar-refractivity contribution in [2.45, 2.75) is 12.3 Å². The number of aromatic nitrogens is 1. The van der Waals surface area contributed by atoms with Crippen molar-refractivity contribution in [3.05, 3.63) is 52.1 Å². The Hall–Kier alpha value is -0.870. The van der Waals surface area contributed by atoms with Gasteiger partial charge < -0.3 is 4.74 Å². The lowest BCUT2D eigenvalue weighted by Crippen LogP contribution is -1.91. The number of nitrogens with zero attached hydrogens (tertiary/aromatic N) is 1. The first-order valence-electron chi connectivity index (χ1n) is 5.14. The first kappa shape index (κ1) is 12.6. The number of ether oxygens (including phenoxy) is 1. The van der Waals surface area contributed by atoms with Crippen molar-refractivity contribution in [1.82, 2.24) is 4.98 Å². The van der Waals surface area contributed by atoms with E-state index in [1.807, 2.05) is 37.3 Å². The molecule has 0 bridgehead atoms. The molecule has 1 aromatic heterocycles. The van der Waals surface area contributed by atoms with Gasteiger partial charge in [0.1, 0.15) is 5.75 Å². The van der Waals surface area contributed by atoms with Gasteiger partial charge in [0.15, 0.2) is 0 Å². The van der Waals surface area contributed by atoms with Crippen molar-refractivity contribution in [2.24, 2.45) is 0 Å². The minimum absolute atomic E-state index is 0.607. The smallest absolute Gasteiger partial charge is 0.219 e. The topological polar surface area (TPSA) is 22.1 Å². The number of halogens is 2. The zero-order valence-electron chi connectivity index (χ0n) is 9.28. The Labute approximate surface area is 117 Å². The van der Waals surface area contributed by atoms with E-state index in [1.54, 1.807) is 6.20 Å². The number of pyridine rings is 1. The molecule has 17 heavy (non-hydrogen) atoms. The molecule has 0 unspecified atom stereocenters. The summed E-state index contributed by atoms with van der Waals surface area (Å²) in [7, 11) is 0. The molecule has 0 radical (unpaired) electrons. The predicted octanol–water partition coefficient (Wildman–Crippen LogP) is 4.84. The fourth-order valence-electron chi connectivity index (χ4n) is 1.35. The van der Waals surface area contributed by atoms with Gasteiger partial charge in [-0.1, -0.05) is 44.0 Å². The lowest BCUT2D eigenvalue weighted by atomic mass is 10.2. The van der Waals surface area contributed by atoms with Crippen LogP contribution in [-0.4, -0.2) is 4.98 Å². The van der Waals surface area contributed by atoms with Gasteiger partial charge in [-0.2, -0.15) is 0 Å². The molecule has 0 fully saturated rings. The zero-order chi connectivity index (χ0) is 12.3. The summed E-state index contributed by atoms with van der Waals surface area (Å²) in [6.45, 7) is 2.01. The summed E-state index contributed by atoms with van der Waals surface area (Å²) in [4.78, 5) is 4.25. The molecule has 0 amide bonds. The fraction of sp³-hybridized carbons (Fsp3) is 0.154. The highest BCUT2D eigenvalue weighted by Crippen LogP contribution is 2.27. The van der Waals surface area contributed by atoms with Gasteiger partial charge in [0.25, 0.3) is 0 Å². The number of aryl methyl sites for hydroxylation is 1. The van der Waals surface area contributed by atoms with Gasteiger partial charge in [0.05, 0.1) is 0 Å². The Kier molecular flexibility index (Phi) is 4.18. The van der Waals surface area contributed by atoms with Crippen LogP contribution in [0.15, 0.2) is 41.0 Å². The van der Waals surface area contributed by atoms with Crippen LogP contribution in [0.5, 0.6) is 11.6 Å². The maximum absolute atomic E-state index is 5.73. The molecule has 1 aromatic carbocycles. The van der Waals surface area contributed by atoms with E-state index >= 15 is 0 Å². The molecule has 0 saturated carbocycles. The van der Waals surface area contributed by atoms with Crippen molar-refractivity contribution >= 4 is 31.9 Å². The molecule has 4 heteroatoms. The van der Waals surface area contributed by atoms with Crippen molar-refractivity contribution < 1.29 is 4.74 Å². The van der Waals surface area contributed by atoms with Crippen LogP contribution in [0.25, 0.3) is 0 Å². The van der Waals surface area contributed by atoms with Crippen molar-refractivity contribution in [2.75, 3.05) is 0 Å². The number of alkyl halides is 1. The minimum atomic E-state index is 0.607. The molecule has 2 nitrogen and oxygen atoms in total. The summed E-state index contributed by atoms with van der Waals surface area (Å²) in [5.41, 5.74) is 2.21. The summed E-state index contributed by atoms with van der Waals surface area (Å²) in [5, 5.41) is 0.802. The average Bonchev–Trinajstić information content (AvgIpc) is 2.35. The average molecular weight is 357 g/mol. The van der Waals surface area contributed by atoms with Crippen LogP contribution < -0.4 is 4.74 Å². The molecule has 0 aliphatic carbocycles. The summed E-state index contributed by atoms with van der Waals surface area (Å²) in [6.07, 6.45) is 1.80. The van der Waals surface area contributed by atoms with Crippen LogP contribution in [-0.2, 0) is 5.33 Å². The quantitative estimate of drug-likeness (QED) is 0.734. The molecule has 88 valence electrons. The molecule has 2 rings (SSSR count). The molecule has 2 aromatic rings. The molecule has 0 aliphatic heterocycles. The minimum Gasteiger partial charge on any atom is -0.439 e. The standard InChI is InChI=1S/C13H11Br2NO/c1-9-2-4-11(15)6-12(9)17-13-5-3-10(7-14)8-16-13/h2-6,8H,7H2,1H3. The lowest BCUT2D eigenvalue weighted by molar-refractivity contribution is 0.459. The predicted molar refractivity (Wildman–Crippen MR) is 75.8 cm³/mol. The fourth-order valence-corrected chi connectivity index (χ4v) is 2.02. The van der Waals surface area contributed by atoms with Gasteiger partial charge in [-0.25, -0.2) is 4.98 Å². The zero-order valence-corrected chi connectivity index (χ0v) is 12.5. The van der Waals surface area contributed by atoms with E-state index in [2.05, 4.69) is 36.8 Å². The normalized spacial score (nSPS) is 10.3. The van der Waals surface area contributed by atoms with Crippen LogP contribution in [0.2, 0.25) is 0 Å². The van der Waals surface area contributed by atoms with E-state index < -0.39 is 0 Å². The Balaban J connectivity index is 2.22. The molecule has 0 N–H and O–H groups in total. The van der Waals surface area contributed by atoms with Gasteiger partial charge in [-0.05, 0) is 30.2 Å². The van der Waals surface area contributed by atoms with Crippen LogP contribution in [0.3, 0.4) is 0 Å². The molecule has 1 heterocycles. The third kappa shape index (κ3) is 3.30. The van der Waals surface area contributed by atoms with Gasteiger partial charge >= 0.3 is 0 Å². The number of hydrogen-bond donors (Lipinski definition) is 0. The Morgan fingerprint density at radius 2 is 2.06 bits per heavy atom. The van der Waals surface area contributed by atoms with Crippen molar-refractivity contribution in [3.8, 4) is 11.6 Å². The highest BCUT2D eigenvalue weighted by Gasteiger charge is 2.03. The van der Waals surface area contributed by atoms with E-state index in [-0.39, 0.29) is 0 Å². The van der Waals surface area contributed by atoms with E-state index in [0.717, 1.165) is 26.7 Å². The Morgan fingerprint density at radius 1 is 1.24 bits per heavy atom.